The number of thiazole rings is 1. The second-order valence-electron chi connectivity index (χ2n) is 5.55. The lowest BCUT2D eigenvalue weighted by Crippen LogP contribution is -2.34. The number of nitrogens with zero attached hydrogens (tertiary/aromatic N) is 2. The van der Waals surface area contributed by atoms with Crippen molar-refractivity contribution in [2.75, 3.05) is 6.54 Å². The zero-order valence-corrected chi connectivity index (χ0v) is 16.0. The molecule has 1 aromatic carbocycles. The highest BCUT2D eigenvalue weighted by atomic mass is 32.1. The molecule has 0 atom stereocenters. The Morgan fingerprint density at radius 2 is 2.00 bits per heavy atom. The maximum absolute atomic E-state index is 12.8. The molecule has 1 amide bonds. The molecule has 150 valence electrons. The number of ether oxygens (including phenoxy) is 1. The maximum Gasteiger partial charge on any atom is 0.387 e. The van der Waals surface area contributed by atoms with Crippen molar-refractivity contribution in [1.29, 1.82) is 5.26 Å². The smallest absolute Gasteiger partial charge is 0.387 e. The Kier molecular flexibility index (Phi) is 7.62. The predicted molar refractivity (Wildman–Crippen MR) is 107 cm³/mol. The minimum atomic E-state index is -2.93. The molecule has 0 saturated carbocycles. The van der Waals surface area contributed by atoms with Crippen LogP contribution in [0.15, 0.2) is 54.4 Å². The summed E-state index contributed by atoms with van der Waals surface area (Å²) in [5, 5.41) is 12.0. The van der Waals surface area contributed by atoms with Crippen LogP contribution in [0.1, 0.15) is 5.56 Å². The van der Waals surface area contributed by atoms with Crippen LogP contribution >= 0.6 is 11.3 Å². The van der Waals surface area contributed by atoms with Gasteiger partial charge in [0.25, 0.3) is 11.5 Å². The number of alkyl halides is 2. The van der Waals surface area contributed by atoms with E-state index in [2.05, 4.69) is 23.2 Å². The molecule has 2 aromatic rings. The number of nitrogens with one attached hydrogen (secondary N) is 1. The lowest BCUT2D eigenvalue weighted by molar-refractivity contribution is -0.115. The molecule has 0 bridgehead atoms. The average molecular weight is 417 g/mol. The van der Waals surface area contributed by atoms with Crippen LogP contribution in [-0.2, 0) is 11.3 Å². The van der Waals surface area contributed by atoms with Crippen molar-refractivity contribution in [3.63, 3.8) is 0 Å². The van der Waals surface area contributed by atoms with Crippen LogP contribution in [0, 0.1) is 11.3 Å². The first-order valence-electron chi connectivity index (χ1n) is 8.32. The minimum absolute atomic E-state index is 0.00734. The van der Waals surface area contributed by atoms with E-state index in [1.54, 1.807) is 6.08 Å². The molecule has 0 aliphatic rings. The van der Waals surface area contributed by atoms with Gasteiger partial charge < -0.3 is 10.1 Å². The van der Waals surface area contributed by atoms with Crippen LogP contribution in [-0.4, -0.2) is 23.6 Å². The summed E-state index contributed by atoms with van der Waals surface area (Å²) in [7, 11) is 0. The second-order valence-corrected chi connectivity index (χ2v) is 6.58. The monoisotopic (exact) mass is 417 g/mol. The molecule has 0 saturated heterocycles. The van der Waals surface area contributed by atoms with E-state index in [1.165, 1.54) is 41.0 Å². The zero-order valence-electron chi connectivity index (χ0n) is 15.2. The molecular formula is C20H17F2N3O3S. The quantitative estimate of drug-likeness (QED) is 0.660. The fourth-order valence-electron chi connectivity index (χ4n) is 2.35. The lowest BCUT2D eigenvalue weighted by atomic mass is 10.2. The van der Waals surface area contributed by atoms with Crippen LogP contribution in [0.5, 0.6) is 5.75 Å². The number of hydrogen-bond acceptors (Lipinski definition) is 5. The van der Waals surface area contributed by atoms with Gasteiger partial charge in [0.2, 0.25) is 0 Å². The summed E-state index contributed by atoms with van der Waals surface area (Å²) in [6.07, 6.45) is 4.49. The number of amides is 1. The van der Waals surface area contributed by atoms with Crippen LogP contribution in [0.2, 0.25) is 0 Å². The van der Waals surface area contributed by atoms with Gasteiger partial charge in [-0.15, -0.1) is 24.5 Å². The first-order chi connectivity index (χ1) is 13.9. The standard InChI is InChI=1S/C20H17F2N3O3S/c1-3-9-24-17(26)15(12-23)19-25(10-4-2)18(27)16(29-19)11-13-5-7-14(8-6-13)28-20(21)22/h3-8,11,20H,1-2,9-10H2,(H,24,26)/b16-11+,19-15-. The van der Waals surface area contributed by atoms with E-state index in [-0.39, 0.29) is 33.6 Å². The van der Waals surface area contributed by atoms with Gasteiger partial charge in [-0.1, -0.05) is 24.3 Å². The lowest BCUT2D eigenvalue weighted by Gasteiger charge is -2.03. The summed E-state index contributed by atoms with van der Waals surface area (Å²) in [6, 6.07) is 7.57. The van der Waals surface area contributed by atoms with Crippen molar-refractivity contribution >= 4 is 28.9 Å². The van der Waals surface area contributed by atoms with Gasteiger partial charge in [0.05, 0.1) is 4.53 Å². The first kappa shape index (κ1) is 21.8. The Hall–Kier alpha value is -3.51. The van der Waals surface area contributed by atoms with Gasteiger partial charge in [-0.25, -0.2) is 0 Å². The molecule has 0 aliphatic carbocycles. The Bertz CT molecular complexity index is 1130. The van der Waals surface area contributed by atoms with Crippen molar-refractivity contribution in [2.45, 2.75) is 13.2 Å². The Morgan fingerprint density at radius 3 is 2.55 bits per heavy atom. The summed E-state index contributed by atoms with van der Waals surface area (Å²) in [4.78, 5) is 25.0. The molecular weight excluding hydrogens is 400 g/mol. The molecule has 2 rings (SSSR count). The number of benzene rings is 1. The van der Waals surface area contributed by atoms with Crippen LogP contribution in [0.25, 0.3) is 11.6 Å². The normalized spacial score (nSPS) is 12.3. The number of carbonyl (C=O) groups excluding carboxylic acids is 1. The van der Waals surface area contributed by atoms with Gasteiger partial charge in [-0.05, 0) is 23.8 Å². The predicted octanol–water partition coefficient (Wildman–Crippen LogP) is 1.50. The van der Waals surface area contributed by atoms with Crippen LogP contribution < -0.4 is 24.8 Å². The number of rotatable bonds is 8. The molecule has 9 heteroatoms. The Morgan fingerprint density at radius 1 is 1.31 bits per heavy atom. The molecule has 29 heavy (non-hydrogen) atoms. The summed E-state index contributed by atoms with van der Waals surface area (Å²) >= 11 is 0.980. The fraction of sp³-hybridized carbons (Fsp3) is 0.150. The third kappa shape index (κ3) is 5.49. The molecule has 6 nitrogen and oxygen atoms in total. The van der Waals surface area contributed by atoms with E-state index in [0.717, 1.165) is 11.3 Å². The Balaban J connectivity index is 2.60. The van der Waals surface area contributed by atoms with E-state index >= 15 is 0 Å². The first-order valence-corrected chi connectivity index (χ1v) is 9.13. The Labute approximate surface area is 169 Å². The van der Waals surface area contributed by atoms with E-state index in [1.807, 2.05) is 6.07 Å². The van der Waals surface area contributed by atoms with Crippen LogP contribution in [0.4, 0.5) is 8.78 Å². The summed E-state index contributed by atoms with van der Waals surface area (Å²) in [6.45, 7) is 4.45. The number of halogens is 2. The maximum atomic E-state index is 12.8. The second kappa shape index (κ2) is 10.1. The van der Waals surface area contributed by atoms with Gasteiger partial charge >= 0.3 is 6.61 Å². The molecule has 0 radical (unpaired) electrons. The average Bonchev–Trinajstić information content (AvgIpc) is 2.98. The van der Waals surface area contributed by atoms with Gasteiger partial charge in [-0.2, -0.15) is 14.0 Å². The van der Waals surface area contributed by atoms with Crippen molar-refractivity contribution in [1.82, 2.24) is 9.88 Å². The summed E-state index contributed by atoms with van der Waals surface area (Å²) < 4.78 is 30.5. The van der Waals surface area contributed by atoms with Gasteiger partial charge in [0.1, 0.15) is 16.5 Å². The number of aromatic nitrogens is 1. The number of hydrogen-bond donors (Lipinski definition) is 1. The van der Waals surface area contributed by atoms with E-state index in [0.29, 0.717) is 5.56 Å². The van der Waals surface area contributed by atoms with Gasteiger partial charge in [0.15, 0.2) is 5.57 Å². The van der Waals surface area contributed by atoms with Crippen molar-refractivity contribution in [2.24, 2.45) is 0 Å². The minimum Gasteiger partial charge on any atom is -0.435 e. The third-order valence-electron chi connectivity index (χ3n) is 3.58. The number of nitriles is 1. The van der Waals surface area contributed by atoms with Crippen molar-refractivity contribution < 1.29 is 18.3 Å². The molecule has 0 fully saturated rings. The molecule has 0 unspecified atom stereocenters. The van der Waals surface area contributed by atoms with Crippen LogP contribution in [0.3, 0.4) is 0 Å². The topological polar surface area (TPSA) is 84.1 Å². The van der Waals surface area contributed by atoms with Crippen molar-refractivity contribution in [3.05, 3.63) is 74.7 Å². The largest absolute Gasteiger partial charge is 0.435 e. The fourth-order valence-corrected chi connectivity index (χ4v) is 3.45. The van der Waals surface area contributed by atoms with Crippen molar-refractivity contribution in [3.8, 4) is 11.8 Å². The highest BCUT2D eigenvalue weighted by molar-refractivity contribution is 7.07. The number of allylic oxidation sites excluding steroid dienone is 1. The molecule has 1 heterocycles. The third-order valence-corrected chi connectivity index (χ3v) is 4.71. The van der Waals surface area contributed by atoms with E-state index in [9.17, 15) is 23.6 Å². The van der Waals surface area contributed by atoms with E-state index < -0.39 is 18.1 Å². The zero-order chi connectivity index (χ0) is 21.4. The summed E-state index contributed by atoms with van der Waals surface area (Å²) in [5.41, 5.74) is -0.0323. The molecule has 1 N–H and O–H groups in total. The molecule has 1 aromatic heterocycles. The SMILES string of the molecule is C=CCNC(=O)/C(C#N)=c1\s/c(=C/c2ccc(OC(F)F)cc2)c(=O)n1CC=C. The summed E-state index contributed by atoms with van der Waals surface area (Å²) in [5.74, 6) is -0.626. The highest BCUT2D eigenvalue weighted by Crippen LogP contribution is 2.15. The van der Waals surface area contributed by atoms with Gasteiger partial charge in [-0.3, -0.25) is 14.2 Å². The molecule has 0 spiro atoms. The highest BCUT2D eigenvalue weighted by Gasteiger charge is 2.14. The number of carbonyl (C=O) groups is 1. The molecule has 0 aliphatic heterocycles. The van der Waals surface area contributed by atoms with Gasteiger partial charge in [0, 0.05) is 13.1 Å². The van der Waals surface area contributed by atoms with E-state index in [4.69, 9.17) is 0 Å².